The van der Waals surface area contributed by atoms with Crippen LogP contribution in [-0.4, -0.2) is 43.0 Å². The minimum absolute atomic E-state index is 0.0157. The smallest absolute Gasteiger partial charge is 0.305 e. The fourth-order valence-electron chi connectivity index (χ4n) is 3.42. The molecular formula is C24H31N3O5S. The molecule has 0 fully saturated rings. The van der Waals surface area contributed by atoms with Crippen LogP contribution in [0.4, 0.5) is 0 Å². The number of nitrogens with one attached hydrogen (secondary N) is 2. The average Bonchev–Trinajstić information content (AvgIpc) is 2.75. The quantitative estimate of drug-likeness (QED) is 0.188. The van der Waals surface area contributed by atoms with E-state index in [0.29, 0.717) is 17.5 Å². The second kappa shape index (κ2) is 12.7. The molecule has 0 radical (unpaired) electrons. The molecule has 9 heteroatoms. The normalized spacial score (nSPS) is 12.1. The number of carboxylic acids is 1. The van der Waals surface area contributed by atoms with Crippen molar-refractivity contribution in [2.45, 2.75) is 50.3 Å². The summed E-state index contributed by atoms with van der Waals surface area (Å²) in [6.45, 7) is 0. The second-order valence-electron chi connectivity index (χ2n) is 8.05. The number of unbranched alkanes of at least 4 members (excludes halogenated alkanes) is 1. The molecular weight excluding hydrogens is 442 g/mol. The number of aliphatic carboxylic acids is 1. The molecule has 1 unspecified atom stereocenters. The van der Waals surface area contributed by atoms with E-state index in [1.807, 2.05) is 12.1 Å². The summed E-state index contributed by atoms with van der Waals surface area (Å²) in [4.78, 5) is 23.5. The molecule has 2 aromatic rings. The van der Waals surface area contributed by atoms with Crippen LogP contribution in [0.2, 0.25) is 0 Å². The zero-order chi connectivity index (χ0) is 24.3. The van der Waals surface area contributed by atoms with Gasteiger partial charge in [0.05, 0.1) is 17.9 Å². The summed E-state index contributed by atoms with van der Waals surface area (Å²) in [6, 6.07) is 15.4. The van der Waals surface area contributed by atoms with Gasteiger partial charge in [-0.05, 0) is 36.8 Å². The third-order valence-corrected chi connectivity index (χ3v) is 6.81. The summed E-state index contributed by atoms with van der Waals surface area (Å²) in [5.41, 5.74) is 7.85. The molecule has 0 aromatic heterocycles. The van der Waals surface area contributed by atoms with Crippen molar-refractivity contribution in [1.29, 1.82) is 5.41 Å². The van der Waals surface area contributed by atoms with Crippen molar-refractivity contribution in [2.24, 2.45) is 5.73 Å². The largest absolute Gasteiger partial charge is 0.481 e. The number of hydrogen-bond acceptors (Lipinski definition) is 5. The fourth-order valence-corrected chi connectivity index (χ4v) is 4.91. The average molecular weight is 474 g/mol. The molecule has 8 nitrogen and oxygen atoms in total. The number of aryl methyl sites for hydroxylation is 1. The van der Waals surface area contributed by atoms with Crippen molar-refractivity contribution in [2.75, 3.05) is 5.75 Å². The number of carboxylic acid groups (broad SMARTS) is 1. The van der Waals surface area contributed by atoms with E-state index in [1.165, 1.54) is 0 Å². The molecule has 0 bridgehead atoms. The van der Waals surface area contributed by atoms with Gasteiger partial charge < -0.3 is 16.2 Å². The van der Waals surface area contributed by atoms with Gasteiger partial charge in [-0.1, -0.05) is 54.6 Å². The maximum atomic E-state index is 12.4. The molecule has 2 rings (SSSR count). The standard InChI is InChI=1S/C24H31N3O5S/c25-24(26)20-12-10-18(11-13-20)6-4-5-9-22(28)27-21(16-23(29)30)14-15-33(31,32)17-19-7-2-1-3-8-19/h1-3,7-8,10-13,21H,4-6,9,14-17H2,(H3,25,26)(H,27,28)(H,29,30). The van der Waals surface area contributed by atoms with Crippen LogP contribution in [0, 0.1) is 5.41 Å². The number of carbonyl (C=O) groups excluding carboxylic acids is 1. The summed E-state index contributed by atoms with van der Waals surface area (Å²) in [6.07, 6.45) is 2.11. The molecule has 1 atom stereocenters. The summed E-state index contributed by atoms with van der Waals surface area (Å²) in [5.74, 6) is -1.67. The van der Waals surface area contributed by atoms with Crippen LogP contribution >= 0.6 is 0 Å². The first-order valence-electron chi connectivity index (χ1n) is 10.8. The number of carbonyl (C=O) groups is 2. The second-order valence-corrected chi connectivity index (χ2v) is 10.2. The van der Waals surface area contributed by atoms with Gasteiger partial charge in [0.25, 0.3) is 0 Å². The van der Waals surface area contributed by atoms with Crippen molar-refractivity contribution in [3.05, 3.63) is 71.3 Å². The Bertz CT molecular complexity index is 1040. The molecule has 1 amide bonds. The van der Waals surface area contributed by atoms with Crippen molar-refractivity contribution in [1.82, 2.24) is 5.32 Å². The van der Waals surface area contributed by atoms with Crippen LogP contribution in [0.1, 0.15) is 48.8 Å². The Morgan fingerprint density at radius 2 is 1.67 bits per heavy atom. The zero-order valence-corrected chi connectivity index (χ0v) is 19.3. The number of rotatable bonds is 14. The van der Waals surface area contributed by atoms with Crippen LogP contribution in [0.15, 0.2) is 54.6 Å². The third-order valence-electron chi connectivity index (χ3n) is 5.18. The maximum absolute atomic E-state index is 12.4. The van der Waals surface area contributed by atoms with Gasteiger partial charge in [0.1, 0.15) is 5.84 Å². The Kier molecular flexibility index (Phi) is 10.1. The Morgan fingerprint density at radius 1 is 1.00 bits per heavy atom. The van der Waals surface area contributed by atoms with Crippen LogP contribution in [-0.2, 0) is 31.6 Å². The number of amidine groups is 1. The predicted octanol–water partition coefficient (Wildman–Crippen LogP) is 2.65. The molecule has 33 heavy (non-hydrogen) atoms. The molecule has 0 aliphatic rings. The molecule has 2 aromatic carbocycles. The molecule has 0 spiro atoms. The van der Waals surface area contributed by atoms with Gasteiger partial charge >= 0.3 is 5.97 Å². The Labute approximate surface area is 194 Å². The number of hydrogen-bond donors (Lipinski definition) is 4. The fraction of sp³-hybridized carbons (Fsp3) is 0.375. The molecule has 0 aliphatic carbocycles. The molecule has 0 heterocycles. The van der Waals surface area contributed by atoms with Gasteiger partial charge in [-0.2, -0.15) is 0 Å². The van der Waals surface area contributed by atoms with Crippen molar-refractivity contribution >= 4 is 27.5 Å². The Balaban J connectivity index is 1.78. The third kappa shape index (κ3) is 10.3. The summed E-state index contributed by atoms with van der Waals surface area (Å²) in [7, 11) is -3.43. The number of benzene rings is 2. The van der Waals surface area contributed by atoms with E-state index in [9.17, 15) is 18.0 Å². The lowest BCUT2D eigenvalue weighted by Crippen LogP contribution is -2.37. The maximum Gasteiger partial charge on any atom is 0.305 e. The summed E-state index contributed by atoms with van der Waals surface area (Å²) >= 11 is 0. The summed E-state index contributed by atoms with van der Waals surface area (Å²) < 4.78 is 24.8. The number of nitrogens with two attached hydrogens (primary N) is 1. The Hall–Kier alpha value is -3.20. The first-order chi connectivity index (χ1) is 15.6. The highest BCUT2D eigenvalue weighted by atomic mass is 32.2. The van der Waals surface area contributed by atoms with Crippen molar-refractivity contribution in [3.63, 3.8) is 0 Å². The van der Waals surface area contributed by atoms with E-state index in [2.05, 4.69) is 5.32 Å². The highest BCUT2D eigenvalue weighted by Crippen LogP contribution is 2.11. The van der Waals surface area contributed by atoms with E-state index in [-0.39, 0.29) is 42.5 Å². The minimum Gasteiger partial charge on any atom is -0.481 e. The zero-order valence-electron chi connectivity index (χ0n) is 18.5. The summed E-state index contributed by atoms with van der Waals surface area (Å²) in [5, 5.41) is 19.2. The highest BCUT2D eigenvalue weighted by molar-refractivity contribution is 7.90. The molecule has 178 valence electrons. The van der Waals surface area contributed by atoms with Gasteiger partial charge in [-0.15, -0.1) is 0 Å². The van der Waals surface area contributed by atoms with E-state index >= 15 is 0 Å². The lowest BCUT2D eigenvalue weighted by Gasteiger charge is -2.17. The lowest BCUT2D eigenvalue weighted by atomic mass is 10.0. The molecule has 0 saturated heterocycles. The first-order valence-corrected chi connectivity index (χ1v) is 12.7. The topological polar surface area (TPSA) is 150 Å². The SMILES string of the molecule is N=C(N)c1ccc(CCCCC(=O)NC(CCS(=O)(=O)Cc2ccccc2)CC(=O)O)cc1. The van der Waals surface area contributed by atoms with E-state index < -0.39 is 21.8 Å². The number of sulfone groups is 1. The van der Waals surface area contributed by atoms with Gasteiger partial charge in [0.15, 0.2) is 9.84 Å². The minimum atomic E-state index is -3.43. The molecule has 0 saturated carbocycles. The Morgan fingerprint density at radius 3 is 2.27 bits per heavy atom. The lowest BCUT2D eigenvalue weighted by molar-refractivity contribution is -0.137. The van der Waals surface area contributed by atoms with Crippen molar-refractivity contribution in [3.8, 4) is 0 Å². The first kappa shape index (κ1) is 26.1. The molecule has 5 N–H and O–H groups in total. The van der Waals surface area contributed by atoms with E-state index in [1.54, 1.807) is 42.5 Å². The van der Waals surface area contributed by atoms with Gasteiger partial charge in [-0.25, -0.2) is 8.42 Å². The van der Waals surface area contributed by atoms with Gasteiger partial charge in [0, 0.05) is 18.0 Å². The van der Waals surface area contributed by atoms with Crippen molar-refractivity contribution < 1.29 is 23.1 Å². The monoisotopic (exact) mass is 473 g/mol. The van der Waals surface area contributed by atoms with E-state index in [0.717, 1.165) is 18.4 Å². The van der Waals surface area contributed by atoms with Crippen LogP contribution in [0.25, 0.3) is 0 Å². The van der Waals surface area contributed by atoms with Gasteiger partial charge in [-0.3, -0.25) is 15.0 Å². The predicted molar refractivity (Wildman–Crippen MR) is 128 cm³/mol. The van der Waals surface area contributed by atoms with Crippen LogP contribution in [0.5, 0.6) is 0 Å². The van der Waals surface area contributed by atoms with Crippen LogP contribution in [0.3, 0.4) is 0 Å². The van der Waals surface area contributed by atoms with Gasteiger partial charge in [0.2, 0.25) is 5.91 Å². The molecule has 0 aliphatic heterocycles. The number of nitrogen functional groups attached to an aromatic ring is 1. The highest BCUT2D eigenvalue weighted by Gasteiger charge is 2.20. The van der Waals surface area contributed by atoms with E-state index in [4.69, 9.17) is 16.2 Å². The number of amides is 1. The van der Waals surface area contributed by atoms with Crippen LogP contribution < -0.4 is 11.1 Å².